The number of nitrogens with zero attached hydrogens (tertiary/aromatic N) is 2. The number of rotatable bonds is 5. The zero-order valence-electron chi connectivity index (χ0n) is 14.3. The number of aryl methyl sites for hydroxylation is 1. The van der Waals surface area contributed by atoms with Gasteiger partial charge in [-0.2, -0.15) is 9.57 Å². The summed E-state index contributed by atoms with van der Waals surface area (Å²) in [5.41, 5.74) is 2.66. The molecule has 2 aromatic rings. The molecule has 0 unspecified atom stereocenters. The molecule has 2 aromatic carbocycles. The lowest BCUT2D eigenvalue weighted by Gasteiger charge is -2.20. The van der Waals surface area contributed by atoms with Gasteiger partial charge in [-0.05, 0) is 60.2 Å². The first kappa shape index (κ1) is 18.1. The first-order valence-corrected chi connectivity index (χ1v) is 9.61. The standard InChI is InChI=1S/C19H18N2O4S/c1-21(12-14-5-2-4-13(8-14)11-20)26(24,25)18-10-16(19(22)23)9-15-6-3-7-17(15)18/h2,4-5,8-10H,3,6-7,12H2,1H3,(H,22,23). The molecule has 7 heteroatoms. The molecule has 0 fully saturated rings. The molecular formula is C19H18N2O4S. The second-order valence-corrected chi connectivity index (χ2v) is 8.36. The first-order chi connectivity index (χ1) is 12.3. The third kappa shape index (κ3) is 3.34. The summed E-state index contributed by atoms with van der Waals surface area (Å²) < 4.78 is 27.4. The number of carbonyl (C=O) groups is 1. The fraction of sp³-hybridized carbons (Fsp3) is 0.263. The van der Waals surface area contributed by atoms with E-state index in [1.807, 2.05) is 6.07 Å². The van der Waals surface area contributed by atoms with Crippen molar-refractivity contribution in [3.63, 3.8) is 0 Å². The van der Waals surface area contributed by atoms with Crippen LogP contribution in [0.25, 0.3) is 0 Å². The summed E-state index contributed by atoms with van der Waals surface area (Å²) in [7, 11) is -2.39. The molecule has 1 aliphatic rings. The van der Waals surface area contributed by atoms with Gasteiger partial charge in [0.2, 0.25) is 10.0 Å². The van der Waals surface area contributed by atoms with Gasteiger partial charge in [-0.3, -0.25) is 0 Å². The number of carboxylic acids is 1. The highest BCUT2D eigenvalue weighted by Gasteiger charge is 2.29. The minimum Gasteiger partial charge on any atom is -0.478 e. The van der Waals surface area contributed by atoms with E-state index < -0.39 is 16.0 Å². The van der Waals surface area contributed by atoms with E-state index in [9.17, 15) is 18.3 Å². The van der Waals surface area contributed by atoms with Crippen LogP contribution in [0.3, 0.4) is 0 Å². The summed E-state index contributed by atoms with van der Waals surface area (Å²) in [4.78, 5) is 11.4. The summed E-state index contributed by atoms with van der Waals surface area (Å²) in [5.74, 6) is -1.14. The Labute approximate surface area is 152 Å². The Balaban J connectivity index is 2.00. The second-order valence-electron chi connectivity index (χ2n) is 6.34. The van der Waals surface area contributed by atoms with Crippen molar-refractivity contribution in [2.24, 2.45) is 0 Å². The van der Waals surface area contributed by atoms with Crippen LogP contribution in [0, 0.1) is 11.3 Å². The number of sulfonamides is 1. The maximum atomic E-state index is 13.1. The average molecular weight is 370 g/mol. The molecule has 0 aromatic heterocycles. The minimum atomic E-state index is -3.85. The summed E-state index contributed by atoms with van der Waals surface area (Å²) >= 11 is 0. The van der Waals surface area contributed by atoms with E-state index >= 15 is 0 Å². The van der Waals surface area contributed by atoms with Gasteiger partial charge in [0.25, 0.3) is 0 Å². The van der Waals surface area contributed by atoms with E-state index in [0.717, 1.165) is 12.0 Å². The zero-order valence-corrected chi connectivity index (χ0v) is 15.1. The summed E-state index contributed by atoms with van der Waals surface area (Å²) in [6.45, 7) is 0.101. The zero-order chi connectivity index (χ0) is 18.9. The lowest BCUT2D eigenvalue weighted by atomic mass is 10.1. The predicted octanol–water partition coefficient (Wildman–Crippen LogP) is 2.57. The van der Waals surface area contributed by atoms with Gasteiger partial charge in [0.1, 0.15) is 0 Å². The monoisotopic (exact) mass is 370 g/mol. The van der Waals surface area contributed by atoms with Gasteiger partial charge in [-0.1, -0.05) is 12.1 Å². The van der Waals surface area contributed by atoms with Crippen molar-refractivity contribution in [2.45, 2.75) is 30.7 Å². The maximum Gasteiger partial charge on any atom is 0.335 e. The van der Waals surface area contributed by atoms with Crippen molar-refractivity contribution in [3.8, 4) is 6.07 Å². The van der Waals surface area contributed by atoms with Gasteiger partial charge in [0.15, 0.2) is 0 Å². The number of aromatic carboxylic acids is 1. The van der Waals surface area contributed by atoms with Crippen LogP contribution in [0.15, 0.2) is 41.3 Å². The molecule has 0 saturated heterocycles. The van der Waals surface area contributed by atoms with Crippen LogP contribution >= 0.6 is 0 Å². The van der Waals surface area contributed by atoms with Gasteiger partial charge in [-0.25, -0.2) is 13.2 Å². The highest BCUT2D eigenvalue weighted by Crippen LogP contribution is 2.32. The number of nitriles is 1. The van der Waals surface area contributed by atoms with Gasteiger partial charge in [0, 0.05) is 13.6 Å². The molecule has 134 valence electrons. The largest absolute Gasteiger partial charge is 0.478 e. The number of hydrogen-bond acceptors (Lipinski definition) is 4. The topological polar surface area (TPSA) is 98.5 Å². The number of fused-ring (bicyclic) bond motifs is 1. The summed E-state index contributed by atoms with van der Waals surface area (Å²) in [5, 5.41) is 18.3. The number of benzene rings is 2. The number of carboxylic acid groups (broad SMARTS) is 1. The van der Waals surface area contributed by atoms with Crippen molar-refractivity contribution in [1.29, 1.82) is 5.26 Å². The normalized spacial score (nSPS) is 13.4. The Hall–Kier alpha value is -2.69. The highest BCUT2D eigenvalue weighted by molar-refractivity contribution is 7.89. The quantitative estimate of drug-likeness (QED) is 0.872. The SMILES string of the molecule is CN(Cc1cccc(C#N)c1)S(=O)(=O)c1cc(C(=O)O)cc2c1CCC2. The Kier molecular flexibility index (Phi) is 4.81. The van der Waals surface area contributed by atoms with E-state index in [1.165, 1.54) is 17.4 Å². The lowest BCUT2D eigenvalue weighted by Crippen LogP contribution is -2.27. The van der Waals surface area contributed by atoms with Crippen molar-refractivity contribution in [3.05, 3.63) is 64.2 Å². The molecule has 0 saturated carbocycles. The van der Waals surface area contributed by atoms with Crippen molar-refractivity contribution in [2.75, 3.05) is 7.05 Å². The summed E-state index contributed by atoms with van der Waals surface area (Å²) in [6, 6.07) is 11.6. The van der Waals surface area contributed by atoms with Crippen LogP contribution in [0.2, 0.25) is 0 Å². The fourth-order valence-electron chi connectivity index (χ4n) is 3.27. The minimum absolute atomic E-state index is 0.0101. The van der Waals surface area contributed by atoms with E-state index in [2.05, 4.69) is 0 Å². The Morgan fingerprint density at radius 1 is 1.27 bits per heavy atom. The van der Waals surface area contributed by atoms with Crippen LogP contribution in [0.5, 0.6) is 0 Å². The molecule has 0 bridgehead atoms. The van der Waals surface area contributed by atoms with Crippen molar-refractivity contribution < 1.29 is 18.3 Å². The second kappa shape index (κ2) is 6.90. The van der Waals surface area contributed by atoms with Gasteiger partial charge < -0.3 is 5.11 Å². The molecule has 0 atom stereocenters. The molecular weight excluding hydrogens is 352 g/mol. The molecule has 3 rings (SSSR count). The predicted molar refractivity (Wildman–Crippen MR) is 95.2 cm³/mol. The Bertz CT molecular complexity index is 1020. The van der Waals surface area contributed by atoms with E-state index in [1.54, 1.807) is 30.3 Å². The molecule has 0 spiro atoms. The number of hydrogen-bond donors (Lipinski definition) is 1. The summed E-state index contributed by atoms with van der Waals surface area (Å²) in [6.07, 6.45) is 2.13. The molecule has 1 N–H and O–H groups in total. The van der Waals surface area contributed by atoms with Crippen LogP contribution in [-0.2, 0) is 29.4 Å². The van der Waals surface area contributed by atoms with Gasteiger partial charge in [0.05, 0.1) is 22.1 Å². The highest BCUT2D eigenvalue weighted by atomic mass is 32.2. The third-order valence-corrected chi connectivity index (χ3v) is 6.44. The smallest absolute Gasteiger partial charge is 0.335 e. The molecule has 26 heavy (non-hydrogen) atoms. The fourth-order valence-corrected chi connectivity index (χ4v) is 4.74. The van der Waals surface area contributed by atoms with Crippen molar-refractivity contribution >= 4 is 16.0 Å². The van der Waals surface area contributed by atoms with Crippen LogP contribution < -0.4 is 0 Å². The molecule has 0 amide bonds. The molecule has 6 nitrogen and oxygen atoms in total. The van der Waals surface area contributed by atoms with Crippen LogP contribution in [0.1, 0.15) is 39.0 Å². The van der Waals surface area contributed by atoms with E-state index in [0.29, 0.717) is 29.5 Å². The lowest BCUT2D eigenvalue weighted by molar-refractivity contribution is 0.0696. The van der Waals surface area contributed by atoms with Crippen LogP contribution in [-0.4, -0.2) is 30.8 Å². The molecule has 0 radical (unpaired) electrons. The molecule has 0 aliphatic heterocycles. The maximum absolute atomic E-state index is 13.1. The third-order valence-electron chi connectivity index (χ3n) is 4.57. The Morgan fingerprint density at radius 3 is 2.73 bits per heavy atom. The van der Waals surface area contributed by atoms with Crippen molar-refractivity contribution in [1.82, 2.24) is 4.31 Å². The van der Waals surface area contributed by atoms with Gasteiger partial charge in [-0.15, -0.1) is 0 Å². The molecule has 0 heterocycles. The average Bonchev–Trinajstić information content (AvgIpc) is 3.09. The first-order valence-electron chi connectivity index (χ1n) is 8.17. The van der Waals surface area contributed by atoms with E-state index in [-0.39, 0.29) is 17.0 Å². The van der Waals surface area contributed by atoms with Crippen LogP contribution in [0.4, 0.5) is 0 Å². The van der Waals surface area contributed by atoms with Gasteiger partial charge >= 0.3 is 5.97 Å². The molecule has 1 aliphatic carbocycles. The van der Waals surface area contributed by atoms with E-state index in [4.69, 9.17) is 5.26 Å². The Morgan fingerprint density at radius 2 is 2.04 bits per heavy atom.